The molecule has 0 radical (unpaired) electrons. The highest BCUT2D eigenvalue weighted by Crippen LogP contribution is 2.23. The van der Waals surface area contributed by atoms with Gasteiger partial charge in [-0.3, -0.25) is 0 Å². The van der Waals surface area contributed by atoms with Crippen LogP contribution in [0.4, 0.5) is 13.2 Å². The number of thiophene rings is 1. The molecule has 102 valence electrons. The predicted molar refractivity (Wildman–Crippen MR) is 70.6 cm³/mol. The number of aryl methyl sites for hydroxylation is 1. The van der Waals surface area contributed by atoms with E-state index in [1.807, 2.05) is 26.0 Å². The summed E-state index contributed by atoms with van der Waals surface area (Å²) in [5.41, 5.74) is 0.386. The monoisotopic (exact) mass is 285 g/mol. The summed E-state index contributed by atoms with van der Waals surface area (Å²) in [7, 11) is 0. The minimum absolute atomic E-state index is 0.0786. The van der Waals surface area contributed by atoms with Crippen LogP contribution in [0.1, 0.15) is 28.3 Å². The Kier molecular flexibility index (Phi) is 4.27. The van der Waals surface area contributed by atoms with Crippen molar-refractivity contribution in [3.63, 3.8) is 0 Å². The van der Waals surface area contributed by atoms with E-state index in [2.05, 4.69) is 5.32 Å². The first-order valence-corrected chi connectivity index (χ1v) is 6.72. The van der Waals surface area contributed by atoms with Gasteiger partial charge in [-0.2, -0.15) is 0 Å². The van der Waals surface area contributed by atoms with E-state index in [0.717, 1.165) is 17.0 Å². The van der Waals surface area contributed by atoms with Crippen molar-refractivity contribution in [1.82, 2.24) is 5.32 Å². The van der Waals surface area contributed by atoms with Crippen molar-refractivity contribution in [2.24, 2.45) is 0 Å². The van der Waals surface area contributed by atoms with E-state index in [1.165, 1.54) is 4.88 Å². The van der Waals surface area contributed by atoms with Crippen LogP contribution >= 0.6 is 11.3 Å². The lowest BCUT2D eigenvalue weighted by Crippen LogP contribution is -2.17. The fraction of sp³-hybridized carbons (Fsp3) is 0.286. The van der Waals surface area contributed by atoms with Crippen molar-refractivity contribution in [2.75, 3.05) is 0 Å². The molecular formula is C14H14F3NS. The number of rotatable bonds is 4. The van der Waals surface area contributed by atoms with Gasteiger partial charge in [-0.05, 0) is 43.7 Å². The fourth-order valence-corrected chi connectivity index (χ4v) is 2.67. The first-order valence-electron chi connectivity index (χ1n) is 5.90. The summed E-state index contributed by atoms with van der Waals surface area (Å²) in [5.74, 6) is -3.74. The molecule has 0 fully saturated rings. The topological polar surface area (TPSA) is 12.0 Å². The molecule has 1 heterocycles. The molecule has 5 heteroatoms. The first-order chi connectivity index (χ1) is 8.97. The zero-order chi connectivity index (χ0) is 14.0. The summed E-state index contributed by atoms with van der Waals surface area (Å²) in [4.78, 5) is 2.36. The molecule has 0 aliphatic rings. The summed E-state index contributed by atoms with van der Waals surface area (Å²) in [6, 6.07) is 6.14. The van der Waals surface area contributed by atoms with Crippen molar-refractivity contribution in [2.45, 2.75) is 26.4 Å². The molecule has 0 saturated carbocycles. The first kappa shape index (κ1) is 14.1. The molecule has 0 aliphatic heterocycles. The van der Waals surface area contributed by atoms with Gasteiger partial charge in [-0.15, -0.1) is 11.3 Å². The number of benzene rings is 1. The Morgan fingerprint density at radius 2 is 1.79 bits per heavy atom. The predicted octanol–water partition coefficient (Wildman–Crippen LogP) is 4.32. The molecule has 1 unspecified atom stereocenters. The second kappa shape index (κ2) is 5.75. The average Bonchev–Trinajstić information content (AvgIpc) is 2.79. The van der Waals surface area contributed by atoms with Gasteiger partial charge in [0.05, 0.1) is 0 Å². The Morgan fingerprint density at radius 3 is 2.32 bits per heavy atom. The van der Waals surface area contributed by atoms with Crippen molar-refractivity contribution in [3.8, 4) is 0 Å². The van der Waals surface area contributed by atoms with Crippen LogP contribution < -0.4 is 5.32 Å². The lowest BCUT2D eigenvalue weighted by Gasteiger charge is -2.12. The molecule has 0 bridgehead atoms. The number of halogens is 3. The normalized spacial score (nSPS) is 12.7. The summed E-state index contributed by atoms with van der Waals surface area (Å²) < 4.78 is 38.9. The fourth-order valence-electron chi connectivity index (χ4n) is 1.77. The highest BCUT2D eigenvalue weighted by molar-refractivity contribution is 7.12. The Balaban J connectivity index is 2.03. The van der Waals surface area contributed by atoms with E-state index in [1.54, 1.807) is 11.3 Å². The van der Waals surface area contributed by atoms with Crippen LogP contribution in [0.15, 0.2) is 24.3 Å². The van der Waals surface area contributed by atoms with Gasteiger partial charge in [0.15, 0.2) is 17.5 Å². The lowest BCUT2D eigenvalue weighted by molar-refractivity contribution is 0.443. The van der Waals surface area contributed by atoms with Gasteiger partial charge < -0.3 is 5.32 Å². The molecule has 0 amide bonds. The SMILES string of the molecule is Cc1ccc(C(C)NCc2cc(F)c(F)c(F)c2)s1. The van der Waals surface area contributed by atoms with Crippen LogP contribution in [-0.4, -0.2) is 0 Å². The van der Waals surface area contributed by atoms with Crippen molar-refractivity contribution >= 4 is 11.3 Å². The highest BCUT2D eigenvalue weighted by Gasteiger charge is 2.12. The van der Waals surface area contributed by atoms with Gasteiger partial charge in [-0.1, -0.05) is 0 Å². The molecule has 1 nitrogen and oxygen atoms in total. The van der Waals surface area contributed by atoms with Gasteiger partial charge in [0.2, 0.25) is 0 Å². The maximum absolute atomic E-state index is 13.1. The van der Waals surface area contributed by atoms with Gasteiger partial charge in [0, 0.05) is 22.3 Å². The third-order valence-corrected chi connectivity index (χ3v) is 4.03. The van der Waals surface area contributed by atoms with Crippen molar-refractivity contribution in [1.29, 1.82) is 0 Å². The Morgan fingerprint density at radius 1 is 1.16 bits per heavy atom. The van der Waals surface area contributed by atoms with Crippen LogP contribution in [0, 0.1) is 24.4 Å². The second-order valence-electron chi connectivity index (χ2n) is 4.42. The maximum atomic E-state index is 13.1. The van der Waals surface area contributed by atoms with E-state index >= 15 is 0 Å². The maximum Gasteiger partial charge on any atom is 0.194 e. The van der Waals surface area contributed by atoms with Crippen LogP contribution in [0.5, 0.6) is 0 Å². The van der Waals surface area contributed by atoms with Gasteiger partial charge in [0.1, 0.15) is 0 Å². The largest absolute Gasteiger partial charge is 0.305 e. The number of hydrogen-bond acceptors (Lipinski definition) is 2. The Hall–Kier alpha value is -1.33. The molecule has 0 aliphatic carbocycles. The zero-order valence-electron chi connectivity index (χ0n) is 10.6. The Bertz CT molecular complexity index is 557. The molecule has 1 N–H and O–H groups in total. The highest BCUT2D eigenvalue weighted by atomic mass is 32.1. The standard InChI is InChI=1S/C14H14F3NS/c1-8-3-4-13(19-8)9(2)18-7-10-5-11(15)14(17)12(16)6-10/h3-6,9,18H,7H2,1-2H3. The quantitative estimate of drug-likeness (QED) is 0.825. The van der Waals surface area contributed by atoms with E-state index in [0.29, 0.717) is 5.56 Å². The summed E-state index contributed by atoms with van der Waals surface area (Å²) in [6.07, 6.45) is 0. The molecule has 2 rings (SSSR count). The molecule has 1 aromatic carbocycles. The smallest absolute Gasteiger partial charge is 0.194 e. The zero-order valence-corrected chi connectivity index (χ0v) is 11.5. The third kappa shape index (κ3) is 3.36. The van der Waals surface area contributed by atoms with E-state index < -0.39 is 17.5 Å². The second-order valence-corrected chi connectivity index (χ2v) is 5.74. The molecule has 19 heavy (non-hydrogen) atoms. The lowest BCUT2D eigenvalue weighted by atomic mass is 10.2. The van der Waals surface area contributed by atoms with Crippen LogP contribution in [0.3, 0.4) is 0 Å². The number of hydrogen-bond donors (Lipinski definition) is 1. The number of nitrogens with one attached hydrogen (secondary N) is 1. The van der Waals surface area contributed by atoms with E-state index in [9.17, 15) is 13.2 Å². The van der Waals surface area contributed by atoms with Gasteiger partial charge >= 0.3 is 0 Å². The van der Waals surface area contributed by atoms with E-state index in [4.69, 9.17) is 0 Å². The average molecular weight is 285 g/mol. The summed E-state index contributed by atoms with van der Waals surface area (Å²) in [5, 5.41) is 3.16. The summed E-state index contributed by atoms with van der Waals surface area (Å²) in [6.45, 7) is 4.28. The van der Waals surface area contributed by atoms with Crippen LogP contribution in [0.2, 0.25) is 0 Å². The Labute approximate surface area is 114 Å². The molecule has 0 spiro atoms. The molecule has 1 aromatic heterocycles. The molecule has 0 saturated heterocycles. The van der Waals surface area contributed by atoms with Crippen molar-refractivity contribution < 1.29 is 13.2 Å². The minimum atomic E-state index is -1.43. The molecular weight excluding hydrogens is 271 g/mol. The minimum Gasteiger partial charge on any atom is -0.305 e. The van der Waals surface area contributed by atoms with E-state index in [-0.39, 0.29) is 12.6 Å². The third-order valence-electron chi connectivity index (χ3n) is 2.84. The molecule has 1 atom stereocenters. The van der Waals surface area contributed by atoms with Crippen molar-refractivity contribution in [3.05, 3.63) is 57.0 Å². The van der Waals surface area contributed by atoms with Crippen LogP contribution in [0.25, 0.3) is 0 Å². The van der Waals surface area contributed by atoms with Crippen LogP contribution in [-0.2, 0) is 6.54 Å². The van der Waals surface area contributed by atoms with Gasteiger partial charge in [-0.25, -0.2) is 13.2 Å². The molecule has 2 aromatic rings. The summed E-state index contributed by atoms with van der Waals surface area (Å²) >= 11 is 1.67. The van der Waals surface area contributed by atoms with Gasteiger partial charge in [0.25, 0.3) is 0 Å².